The summed E-state index contributed by atoms with van der Waals surface area (Å²) in [6, 6.07) is 14.4. The van der Waals surface area contributed by atoms with Crippen LogP contribution in [0.1, 0.15) is 60.1 Å². The molecule has 0 bridgehead atoms. The van der Waals surface area contributed by atoms with Crippen molar-refractivity contribution in [1.82, 2.24) is 25.5 Å². The molecule has 6 rings (SSSR count). The molecule has 0 spiro atoms. The van der Waals surface area contributed by atoms with Crippen LogP contribution in [0.2, 0.25) is 0 Å². The number of aliphatic hydroxyl groups excluding tert-OH is 1. The van der Waals surface area contributed by atoms with Crippen LogP contribution in [0.3, 0.4) is 0 Å². The SMILES string of the molecule is CC1(C)NC(=O)c2ccc(Nc3ncc(-c4nnc(C5(F)CC5)o4)c(N[C@H](CO)c4ccccc4)n3)cc21. The molecule has 4 aromatic rings. The van der Waals surface area contributed by atoms with Gasteiger partial charge in [-0.1, -0.05) is 30.3 Å². The molecule has 1 fully saturated rings. The summed E-state index contributed by atoms with van der Waals surface area (Å²) in [7, 11) is 0. The van der Waals surface area contributed by atoms with Crippen molar-refractivity contribution in [3.8, 4) is 11.5 Å². The standard InChI is InChI=1S/C27H26FN7O3/c1-26(2)19-12-16(8-9-17(19)22(37)33-26)30-25-29-13-18(23-34-35-24(38-23)27(28)10-11-27)21(32-25)31-20(14-36)15-6-4-3-5-7-15/h3-9,12-13,20,36H,10-11,14H2,1-2H3,(H,33,37)(H2,29,30,31,32)/t20-/m1/s1. The Balaban J connectivity index is 1.35. The predicted octanol–water partition coefficient (Wildman–Crippen LogP) is 4.35. The van der Waals surface area contributed by atoms with E-state index < -0.39 is 17.2 Å². The van der Waals surface area contributed by atoms with Crippen LogP contribution in [0.5, 0.6) is 0 Å². The zero-order valence-electron chi connectivity index (χ0n) is 20.8. The van der Waals surface area contributed by atoms with Gasteiger partial charge in [0.25, 0.3) is 17.7 Å². The van der Waals surface area contributed by atoms with Gasteiger partial charge in [-0.3, -0.25) is 4.79 Å². The minimum atomic E-state index is -1.57. The minimum Gasteiger partial charge on any atom is -0.417 e. The van der Waals surface area contributed by atoms with E-state index in [1.807, 2.05) is 50.2 Å². The van der Waals surface area contributed by atoms with Gasteiger partial charge in [-0.15, -0.1) is 10.2 Å². The van der Waals surface area contributed by atoms with Crippen LogP contribution in [-0.4, -0.2) is 37.8 Å². The minimum absolute atomic E-state index is 0.0636. The van der Waals surface area contributed by atoms with Crippen LogP contribution in [0, 0.1) is 0 Å². The third kappa shape index (κ3) is 4.34. The van der Waals surface area contributed by atoms with Crippen molar-refractivity contribution >= 4 is 23.4 Å². The molecule has 2 aliphatic rings. The normalized spacial score (nSPS) is 17.4. The predicted molar refractivity (Wildman–Crippen MR) is 137 cm³/mol. The Hall–Kier alpha value is -4.38. The number of aliphatic hydroxyl groups is 1. The molecular weight excluding hydrogens is 489 g/mol. The van der Waals surface area contributed by atoms with E-state index in [1.165, 1.54) is 6.20 Å². The molecule has 0 saturated heterocycles. The maximum Gasteiger partial charge on any atom is 0.254 e. The van der Waals surface area contributed by atoms with Crippen molar-refractivity contribution in [3.63, 3.8) is 0 Å². The second-order valence-electron chi connectivity index (χ2n) is 10.1. The Bertz CT molecular complexity index is 1520. The first-order chi connectivity index (χ1) is 18.3. The number of hydrogen-bond donors (Lipinski definition) is 4. The second-order valence-corrected chi connectivity index (χ2v) is 10.1. The van der Waals surface area contributed by atoms with Crippen molar-refractivity contribution in [2.45, 2.75) is 43.9 Å². The summed E-state index contributed by atoms with van der Waals surface area (Å²) in [6.45, 7) is 3.67. The van der Waals surface area contributed by atoms with Crippen molar-refractivity contribution in [2.75, 3.05) is 17.2 Å². The fraction of sp³-hybridized carbons (Fsp3) is 0.296. The average molecular weight is 516 g/mol. The highest BCUT2D eigenvalue weighted by atomic mass is 19.1. The molecule has 4 N–H and O–H groups in total. The van der Waals surface area contributed by atoms with Gasteiger partial charge < -0.3 is 25.5 Å². The van der Waals surface area contributed by atoms with E-state index in [4.69, 9.17) is 4.42 Å². The lowest BCUT2D eigenvalue weighted by Gasteiger charge is -2.20. The van der Waals surface area contributed by atoms with Crippen LogP contribution in [0.25, 0.3) is 11.5 Å². The molecule has 10 nitrogen and oxygen atoms in total. The van der Waals surface area contributed by atoms with Crippen molar-refractivity contribution < 1.29 is 18.7 Å². The number of carbonyl (C=O) groups excluding carboxylic acids is 1. The first-order valence-corrected chi connectivity index (χ1v) is 12.3. The third-order valence-electron chi connectivity index (χ3n) is 6.83. The highest BCUT2D eigenvalue weighted by Crippen LogP contribution is 2.49. The highest BCUT2D eigenvalue weighted by molar-refractivity contribution is 6.00. The van der Waals surface area contributed by atoms with Gasteiger partial charge in [0.1, 0.15) is 5.82 Å². The molecule has 11 heteroatoms. The number of fused-ring (bicyclic) bond motifs is 1. The third-order valence-corrected chi connectivity index (χ3v) is 6.83. The summed E-state index contributed by atoms with van der Waals surface area (Å²) < 4.78 is 20.2. The van der Waals surface area contributed by atoms with Gasteiger partial charge in [-0.2, -0.15) is 4.98 Å². The molecule has 1 aliphatic carbocycles. The van der Waals surface area contributed by atoms with E-state index in [-0.39, 0.29) is 30.2 Å². The summed E-state index contributed by atoms with van der Waals surface area (Å²) in [6.07, 6.45) is 2.20. The summed E-state index contributed by atoms with van der Waals surface area (Å²) in [5.41, 5.74) is 1.33. The Kier molecular flexibility index (Phi) is 5.60. The lowest BCUT2D eigenvalue weighted by molar-refractivity contribution is 0.0940. The topological polar surface area (TPSA) is 138 Å². The summed E-state index contributed by atoms with van der Waals surface area (Å²) in [5.74, 6) is 0.486. The molecule has 194 valence electrons. The number of nitrogens with zero attached hydrogens (tertiary/aromatic N) is 4. The fourth-order valence-corrected chi connectivity index (χ4v) is 4.51. The number of amides is 1. The van der Waals surface area contributed by atoms with E-state index in [2.05, 4.69) is 36.1 Å². The highest BCUT2D eigenvalue weighted by Gasteiger charge is 2.50. The summed E-state index contributed by atoms with van der Waals surface area (Å²) in [4.78, 5) is 21.3. The molecule has 0 unspecified atom stereocenters. The molecule has 2 aromatic heterocycles. The van der Waals surface area contributed by atoms with Crippen LogP contribution in [0.15, 0.2) is 59.1 Å². The lowest BCUT2D eigenvalue weighted by Crippen LogP contribution is -2.32. The number of aromatic nitrogens is 4. The number of anilines is 3. The molecule has 2 aromatic carbocycles. The zero-order chi connectivity index (χ0) is 26.5. The number of hydrogen-bond acceptors (Lipinski definition) is 9. The van der Waals surface area contributed by atoms with Gasteiger partial charge >= 0.3 is 0 Å². The van der Waals surface area contributed by atoms with Gasteiger partial charge in [0.2, 0.25) is 5.95 Å². The van der Waals surface area contributed by atoms with E-state index in [1.54, 1.807) is 12.1 Å². The number of halogens is 1. The van der Waals surface area contributed by atoms with Crippen molar-refractivity contribution in [1.29, 1.82) is 0 Å². The summed E-state index contributed by atoms with van der Waals surface area (Å²) >= 11 is 0. The number of benzene rings is 2. The lowest BCUT2D eigenvalue weighted by atomic mass is 9.94. The van der Waals surface area contributed by atoms with E-state index in [0.717, 1.165) is 11.1 Å². The molecule has 1 saturated carbocycles. The van der Waals surface area contributed by atoms with Crippen molar-refractivity contribution in [2.24, 2.45) is 0 Å². The molecular formula is C27H26FN7O3. The fourth-order valence-electron chi connectivity index (χ4n) is 4.51. The van der Waals surface area contributed by atoms with Gasteiger partial charge in [-0.25, -0.2) is 9.37 Å². The zero-order valence-corrected chi connectivity index (χ0v) is 20.8. The quantitative estimate of drug-likeness (QED) is 0.270. The maximum absolute atomic E-state index is 14.5. The Morgan fingerprint density at radius 2 is 1.92 bits per heavy atom. The van der Waals surface area contributed by atoms with Crippen LogP contribution in [-0.2, 0) is 11.2 Å². The molecule has 38 heavy (non-hydrogen) atoms. The Morgan fingerprint density at radius 3 is 2.66 bits per heavy atom. The largest absolute Gasteiger partial charge is 0.417 e. The van der Waals surface area contributed by atoms with Crippen LogP contribution < -0.4 is 16.0 Å². The van der Waals surface area contributed by atoms with E-state index in [0.29, 0.717) is 35.5 Å². The Morgan fingerprint density at radius 1 is 1.13 bits per heavy atom. The first kappa shape index (κ1) is 24.0. The Labute approximate surface area is 217 Å². The first-order valence-electron chi connectivity index (χ1n) is 12.3. The van der Waals surface area contributed by atoms with Crippen LogP contribution >= 0.6 is 0 Å². The van der Waals surface area contributed by atoms with Gasteiger partial charge in [0.05, 0.1) is 23.8 Å². The van der Waals surface area contributed by atoms with Gasteiger partial charge in [-0.05, 0) is 56.0 Å². The monoisotopic (exact) mass is 515 g/mol. The molecule has 1 atom stereocenters. The number of rotatable bonds is 8. The smallest absolute Gasteiger partial charge is 0.254 e. The second kappa shape index (κ2) is 8.88. The summed E-state index contributed by atoms with van der Waals surface area (Å²) in [5, 5.41) is 27.5. The van der Waals surface area contributed by atoms with E-state index >= 15 is 0 Å². The number of nitrogens with one attached hydrogen (secondary N) is 3. The van der Waals surface area contributed by atoms with Gasteiger partial charge in [0, 0.05) is 17.4 Å². The molecule has 1 aliphatic heterocycles. The van der Waals surface area contributed by atoms with Crippen LogP contribution in [0.4, 0.5) is 21.8 Å². The average Bonchev–Trinajstić information content (AvgIpc) is 3.37. The maximum atomic E-state index is 14.5. The molecule has 3 heterocycles. The van der Waals surface area contributed by atoms with E-state index in [9.17, 15) is 14.3 Å². The van der Waals surface area contributed by atoms with Gasteiger partial charge in [0.15, 0.2) is 5.67 Å². The molecule has 0 radical (unpaired) electrons. The molecule has 1 amide bonds. The number of carbonyl (C=O) groups is 1. The number of alkyl halides is 1. The van der Waals surface area contributed by atoms with Crippen molar-refractivity contribution in [3.05, 3.63) is 77.3 Å².